The van der Waals surface area contributed by atoms with E-state index in [2.05, 4.69) is 4.98 Å². The summed E-state index contributed by atoms with van der Waals surface area (Å²) < 4.78 is 60.1. The van der Waals surface area contributed by atoms with Crippen LogP contribution in [-0.2, 0) is 71.4 Å². The third-order valence-corrected chi connectivity index (χ3v) is 12.1. The summed E-state index contributed by atoms with van der Waals surface area (Å²) in [6.07, 6.45) is -8.78. The van der Waals surface area contributed by atoms with Gasteiger partial charge in [-0.1, -0.05) is 13.8 Å². The molecule has 3 fully saturated rings. The summed E-state index contributed by atoms with van der Waals surface area (Å²) in [5.74, 6) is -12.0. The van der Waals surface area contributed by atoms with Gasteiger partial charge in [-0.15, -0.1) is 0 Å². The van der Waals surface area contributed by atoms with E-state index in [9.17, 15) is 43.5 Å². The van der Waals surface area contributed by atoms with Gasteiger partial charge in [0.2, 0.25) is 0 Å². The predicted octanol–water partition coefficient (Wildman–Crippen LogP) is 1.92. The number of hydrogen-bond acceptors (Lipinski definition) is 20. The molecule has 1 spiro atoms. The van der Waals surface area contributed by atoms with Crippen LogP contribution in [0.15, 0.2) is 41.3 Å². The van der Waals surface area contributed by atoms with Gasteiger partial charge in [0.1, 0.15) is 48.3 Å². The van der Waals surface area contributed by atoms with Gasteiger partial charge >= 0.3 is 47.8 Å². The van der Waals surface area contributed by atoms with Crippen molar-refractivity contribution in [3.8, 4) is 0 Å². The van der Waals surface area contributed by atoms with E-state index >= 15 is 0 Å². The van der Waals surface area contributed by atoms with Crippen LogP contribution in [0.2, 0.25) is 0 Å². The molecule has 2 aliphatic carbocycles. The number of carbonyl (C=O) groups excluding carboxylic acids is 8. The molecule has 20 heteroatoms. The lowest BCUT2D eigenvalue weighted by Gasteiger charge is -2.67. The van der Waals surface area contributed by atoms with Gasteiger partial charge in [-0.25, -0.2) is 9.59 Å². The Morgan fingerprint density at radius 2 is 1.41 bits per heavy atom. The largest absolute Gasteiger partial charge is 0.472 e. The van der Waals surface area contributed by atoms with Crippen LogP contribution < -0.4 is 0 Å². The molecule has 2 aliphatic heterocycles. The van der Waals surface area contributed by atoms with Gasteiger partial charge in [-0.3, -0.25) is 33.8 Å². The molecular formula is C41H47NO19. The van der Waals surface area contributed by atoms with Gasteiger partial charge in [0.05, 0.1) is 34.9 Å². The predicted molar refractivity (Wildman–Crippen MR) is 198 cm³/mol. The average molecular weight is 858 g/mol. The molecule has 0 amide bonds. The van der Waals surface area contributed by atoms with Crippen LogP contribution in [0.3, 0.4) is 0 Å². The lowest BCUT2D eigenvalue weighted by Crippen LogP contribution is -2.89. The highest BCUT2D eigenvalue weighted by Gasteiger charge is 2.92. The molecule has 4 heterocycles. The van der Waals surface area contributed by atoms with Crippen LogP contribution in [0.25, 0.3) is 0 Å². The molecular weight excluding hydrogens is 810 g/mol. The first-order valence-corrected chi connectivity index (χ1v) is 19.3. The number of aromatic nitrogens is 1. The molecule has 0 radical (unpaired) electrons. The van der Waals surface area contributed by atoms with Crippen molar-refractivity contribution in [2.24, 2.45) is 17.3 Å². The Bertz CT molecular complexity index is 2120. The quantitative estimate of drug-likeness (QED) is 0.293. The molecule has 2 saturated carbocycles. The molecule has 4 bridgehead atoms. The summed E-state index contributed by atoms with van der Waals surface area (Å²) in [4.78, 5) is 113. The number of cyclic esters (lactones) is 1. The van der Waals surface area contributed by atoms with E-state index in [1.807, 2.05) is 0 Å². The average Bonchev–Trinajstić information content (AvgIpc) is 3.79. The van der Waals surface area contributed by atoms with E-state index < -0.39 is 138 Å². The fourth-order valence-corrected chi connectivity index (χ4v) is 9.63. The van der Waals surface area contributed by atoms with Crippen molar-refractivity contribution >= 4 is 47.8 Å². The van der Waals surface area contributed by atoms with Gasteiger partial charge in [0.15, 0.2) is 30.0 Å². The standard InChI is InChI=1S/C41H47NO19/c1-18-19(2)35(48)60-32-30(59-36(49)25-12-14-52-15-25)34(58-24(7)47)40(17-53-20(3)43)33(57-23(6)46)29(55-21(4)44)27-31(56-22(5)45)41(40,39(32,9)51)61-38(27,8)16-54-37(50)26-11-10-13-42-28(18)26/h10-15,18-19,27,29-34,51H,16-17H2,1-9H3/t18-,19-,27+,29+,30-,31+,32-,33+,34-,38-,39-,40+,41-/m0/s1. The number of ether oxygens (including phenoxy) is 9. The first-order valence-electron chi connectivity index (χ1n) is 19.3. The summed E-state index contributed by atoms with van der Waals surface area (Å²) >= 11 is 0. The smallest absolute Gasteiger partial charge is 0.341 e. The minimum atomic E-state index is -2.89. The number of aliphatic hydroxyl groups is 1. The van der Waals surface area contributed by atoms with Gasteiger partial charge < -0.3 is 52.2 Å². The molecule has 0 aromatic carbocycles. The fourth-order valence-electron chi connectivity index (χ4n) is 9.63. The molecule has 2 aromatic rings. The third-order valence-electron chi connectivity index (χ3n) is 12.1. The van der Waals surface area contributed by atoms with Crippen LogP contribution >= 0.6 is 0 Å². The van der Waals surface area contributed by atoms with Gasteiger partial charge in [-0.2, -0.15) is 0 Å². The highest BCUT2D eigenvalue weighted by Crippen LogP contribution is 2.70. The Balaban J connectivity index is 1.80. The molecule has 6 rings (SSSR count). The van der Waals surface area contributed by atoms with Gasteiger partial charge in [0.25, 0.3) is 0 Å². The molecule has 1 N–H and O–H groups in total. The lowest BCUT2D eigenvalue weighted by molar-refractivity contribution is -0.386. The third kappa shape index (κ3) is 7.28. The van der Waals surface area contributed by atoms with Gasteiger partial charge in [0, 0.05) is 46.7 Å². The number of furan rings is 1. The summed E-state index contributed by atoms with van der Waals surface area (Å²) in [5, 5.41) is 13.6. The van der Waals surface area contributed by atoms with Crippen LogP contribution in [0.4, 0.5) is 0 Å². The number of hydrogen-bond donors (Lipinski definition) is 1. The summed E-state index contributed by atoms with van der Waals surface area (Å²) in [6, 6.07) is 4.11. The second-order valence-corrected chi connectivity index (χ2v) is 16.1. The molecule has 330 valence electrons. The zero-order valence-corrected chi connectivity index (χ0v) is 34.8. The highest BCUT2D eigenvalue weighted by molar-refractivity contribution is 5.91. The molecule has 1 saturated heterocycles. The number of nitrogens with zero attached hydrogens (tertiary/aromatic N) is 1. The lowest BCUT2D eigenvalue weighted by atomic mass is 9.45. The first-order chi connectivity index (χ1) is 28.5. The van der Waals surface area contributed by atoms with Crippen LogP contribution in [0, 0.1) is 17.3 Å². The Labute approximate surface area is 348 Å². The molecule has 20 nitrogen and oxygen atoms in total. The van der Waals surface area contributed by atoms with E-state index in [0.717, 1.165) is 54.1 Å². The van der Waals surface area contributed by atoms with Crippen LogP contribution in [0.5, 0.6) is 0 Å². The number of fused-ring (bicyclic) bond motifs is 5. The molecule has 13 atom stereocenters. The molecule has 0 unspecified atom stereocenters. The SMILES string of the molecule is CC(=O)OC[C@]12[C@H](OC(C)=O)[C@H](OC(C)=O)[C@@H]3[C@@H](OC(C)=O)[C@@]14O[C@@]3(C)COC(=O)c1cccnc1[C@@H](C)[C@H](C)C(=O)O[C@@H]([C@H](OC(=O)c1ccoc1)[C@@H]2OC(C)=O)[C@]4(C)O. The molecule has 4 aliphatic rings. The van der Waals surface area contributed by atoms with Crippen LogP contribution in [0.1, 0.15) is 94.6 Å². The second kappa shape index (κ2) is 16.2. The topological polar surface area (TPSA) is 266 Å². The minimum Gasteiger partial charge on any atom is -0.472 e. The minimum absolute atomic E-state index is 0.0569. The zero-order valence-electron chi connectivity index (χ0n) is 34.8. The number of rotatable bonds is 8. The Kier molecular flexibility index (Phi) is 11.8. The fraction of sp³-hybridized carbons (Fsp3) is 0.585. The van der Waals surface area contributed by atoms with Crippen molar-refractivity contribution in [2.45, 2.75) is 122 Å². The second-order valence-electron chi connectivity index (χ2n) is 16.1. The number of esters is 8. The van der Waals surface area contributed by atoms with E-state index in [0.29, 0.717) is 0 Å². The van der Waals surface area contributed by atoms with E-state index in [1.165, 1.54) is 38.2 Å². The maximum absolute atomic E-state index is 14.6. The van der Waals surface area contributed by atoms with E-state index in [1.54, 1.807) is 6.92 Å². The first kappa shape index (κ1) is 44.7. The van der Waals surface area contributed by atoms with Crippen molar-refractivity contribution in [1.82, 2.24) is 4.98 Å². The van der Waals surface area contributed by atoms with E-state index in [4.69, 9.17) is 47.0 Å². The maximum atomic E-state index is 14.6. The Hall–Kier alpha value is -5.89. The summed E-state index contributed by atoms with van der Waals surface area (Å²) in [5.41, 5.74) is -10.6. The zero-order chi connectivity index (χ0) is 45.0. The van der Waals surface area contributed by atoms with E-state index in [-0.39, 0.29) is 16.8 Å². The highest BCUT2D eigenvalue weighted by atomic mass is 16.7. The van der Waals surface area contributed by atoms with Crippen molar-refractivity contribution in [1.29, 1.82) is 0 Å². The Morgan fingerprint density at radius 1 is 0.803 bits per heavy atom. The molecule has 2 aromatic heterocycles. The van der Waals surface area contributed by atoms with Crippen LogP contribution in [-0.4, -0.2) is 124 Å². The van der Waals surface area contributed by atoms with Crippen molar-refractivity contribution in [2.75, 3.05) is 13.2 Å². The summed E-state index contributed by atoms with van der Waals surface area (Å²) in [6.45, 7) is 8.56. The normalized spacial score (nSPS) is 36.5. The number of carbonyl (C=O) groups is 8. The maximum Gasteiger partial charge on any atom is 0.341 e. The van der Waals surface area contributed by atoms with Crippen molar-refractivity contribution in [3.05, 3.63) is 53.7 Å². The van der Waals surface area contributed by atoms with Crippen molar-refractivity contribution in [3.63, 3.8) is 0 Å². The molecule has 61 heavy (non-hydrogen) atoms. The Morgan fingerprint density at radius 3 is 1.98 bits per heavy atom. The summed E-state index contributed by atoms with van der Waals surface area (Å²) in [7, 11) is 0. The monoisotopic (exact) mass is 857 g/mol. The van der Waals surface area contributed by atoms with Crippen molar-refractivity contribution < 1.29 is 90.5 Å². The van der Waals surface area contributed by atoms with Gasteiger partial charge in [-0.05, 0) is 32.0 Å². The number of pyridine rings is 1.